The molecule has 0 bridgehead atoms. The number of aromatic nitrogens is 2. The molecular weight excluding hydrogens is 924 g/mol. The number of phenolic OH excluding ortho intramolecular Hbond substituents is 1. The summed E-state index contributed by atoms with van der Waals surface area (Å²) in [5.74, 6) is 0.0857. The van der Waals surface area contributed by atoms with Crippen molar-refractivity contribution >= 4 is 46.4 Å². The molecule has 7 heteroatoms. The quantitative estimate of drug-likeness (QED) is 0.127. The van der Waals surface area contributed by atoms with Gasteiger partial charge in [-0.3, -0.25) is 4.98 Å². The Kier molecular flexibility index (Phi) is 10.1. The van der Waals surface area contributed by atoms with E-state index in [1.807, 2.05) is 12.3 Å². The first kappa shape index (κ1) is 40.5. The van der Waals surface area contributed by atoms with Gasteiger partial charge in [0.2, 0.25) is 0 Å². The van der Waals surface area contributed by atoms with Crippen LogP contribution in [-0.4, -0.2) is 23.1 Å². The molecule has 0 saturated heterocycles. The molecule has 0 radical (unpaired) electrons. The van der Waals surface area contributed by atoms with E-state index < -0.39 is 8.07 Å². The Balaban J connectivity index is 0.00000484. The molecule has 0 unspecified atom stereocenters. The van der Waals surface area contributed by atoms with Gasteiger partial charge in [0.15, 0.2) is 5.58 Å². The molecule has 5 nitrogen and oxygen atoms in total. The Hall–Kier alpha value is -5.29. The van der Waals surface area contributed by atoms with Gasteiger partial charge in [0.05, 0.1) is 30.1 Å². The number of nitrogens with zero attached hydrogens (tertiary/aromatic N) is 2. The van der Waals surface area contributed by atoms with E-state index in [4.69, 9.17) is 18.8 Å². The largest absolute Gasteiger partial charge is 0.507 e. The van der Waals surface area contributed by atoms with Crippen molar-refractivity contribution in [2.75, 3.05) is 0 Å². The normalized spacial score (nSPS) is 12.5. The first-order valence-corrected chi connectivity index (χ1v) is 23.7. The summed E-state index contributed by atoms with van der Waals surface area (Å²) in [7, 11) is -1.73. The Labute approximate surface area is 362 Å². The third-order valence-electron chi connectivity index (χ3n) is 11.3. The van der Waals surface area contributed by atoms with Crippen molar-refractivity contribution in [2.45, 2.75) is 78.4 Å². The number of furan rings is 2. The average Bonchev–Trinajstić information content (AvgIpc) is 3.76. The number of pyridine rings is 2. The second kappa shape index (κ2) is 14.8. The van der Waals surface area contributed by atoms with E-state index in [-0.39, 0.29) is 37.6 Å². The van der Waals surface area contributed by atoms with Crippen LogP contribution in [0, 0.1) is 6.07 Å². The average molecular weight is 973 g/mol. The van der Waals surface area contributed by atoms with Crippen LogP contribution in [0.1, 0.15) is 63.9 Å². The summed E-state index contributed by atoms with van der Waals surface area (Å²) in [4.78, 5) is 10.2. The van der Waals surface area contributed by atoms with E-state index >= 15 is 0 Å². The molecule has 59 heavy (non-hydrogen) atoms. The van der Waals surface area contributed by atoms with Crippen molar-refractivity contribution in [2.24, 2.45) is 0 Å². The van der Waals surface area contributed by atoms with Crippen LogP contribution in [0.15, 0.2) is 124 Å². The molecular formula is C52H49N2O3PtSi-. The van der Waals surface area contributed by atoms with E-state index in [2.05, 4.69) is 164 Å². The minimum atomic E-state index is -1.73. The molecule has 9 rings (SSSR count). The smallest absolute Gasteiger partial charge is 0.152 e. The molecule has 300 valence electrons. The van der Waals surface area contributed by atoms with Crippen molar-refractivity contribution < 1.29 is 35.0 Å². The molecule has 0 spiro atoms. The number of rotatable bonds is 7. The SMILES string of the molecule is CC(C)(C)c1cc(Cc2cc(C(C)(C)C)cc(-c3c(O)cc4oc5c([Si](C)(C)C)ccc6oc3c4c65)n2)[c-]c(-c2cc(-c3ccccc3-c3ccccc3)ccn2)c1.[Pt]. The van der Waals surface area contributed by atoms with Gasteiger partial charge in [-0.15, -0.1) is 34.9 Å². The van der Waals surface area contributed by atoms with Gasteiger partial charge in [0, 0.05) is 39.0 Å². The first-order valence-electron chi connectivity index (χ1n) is 20.2. The van der Waals surface area contributed by atoms with Crippen LogP contribution in [0.2, 0.25) is 19.6 Å². The number of aromatic hydroxyl groups is 1. The Morgan fingerprint density at radius 2 is 1.29 bits per heavy atom. The fourth-order valence-corrected chi connectivity index (χ4v) is 9.61. The molecule has 0 saturated carbocycles. The van der Waals surface area contributed by atoms with Crippen LogP contribution < -0.4 is 5.19 Å². The van der Waals surface area contributed by atoms with Gasteiger partial charge in [0.25, 0.3) is 0 Å². The Bertz CT molecular complexity index is 3000. The van der Waals surface area contributed by atoms with Gasteiger partial charge in [-0.2, -0.15) is 0 Å². The van der Waals surface area contributed by atoms with Crippen LogP contribution >= 0.6 is 0 Å². The van der Waals surface area contributed by atoms with Crippen LogP contribution in [-0.2, 0) is 38.3 Å². The van der Waals surface area contributed by atoms with Crippen molar-refractivity contribution in [3.63, 3.8) is 0 Å². The summed E-state index contributed by atoms with van der Waals surface area (Å²) in [6.07, 6.45) is 2.44. The first-order chi connectivity index (χ1) is 27.5. The molecule has 0 aliphatic rings. The van der Waals surface area contributed by atoms with Crippen LogP contribution in [0.25, 0.3) is 77.9 Å². The maximum atomic E-state index is 11.7. The van der Waals surface area contributed by atoms with Gasteiger partial charge in [-0.1, -0.05) is 128 Å². The summed E-state index contributed by atoms with van der Waals surface area (Å²) in [6, 6.07) is 41.8. The summed E-state index contributed by atoms with van der Waals surface area (Å²) in [5, 5.41) is 14.9. The van der Waals surface area contributed by atoms with E-state index in [1.54, 1.807) is 6.07 Å². The zero-order valence-electron chi connectivity index (χ0n) is 35.2. The van der Waals surface area contributed by atoms with Gasteiger partial charge in [-0.05, 0) is 80.2 Å². The topological polar surface area (TPSA) is 72.3 Å². The molecule has 1 N–H and O–H groups in total. The zero-order valence-corrected chi connectivity index (χ0v) is 38.4. The van der Waals surface area contributed by atoms with Crippen molar-refractivity contribution in [1.82, 2.24) is 9.97 Å². The van der Waals surface area contributed by atoms with Gasteiger partial charge >= 0.3 is 0 Å². The summed E-state index contributed by atoms with van der Waals surface area (Å²) in [6.45, 7) is 20.3. The predicted molar refractivity (Wildman–Crippen MR) is 242 cm³/mol. The fraction of sp³-hybridized carbons (Fsp3) is 0.231. The van der Waals surface area contributed by atoms with Gasteiger partial charge in [-0.25, -0.2) is 0 Å². The Morgan fingerprint density at radius 1 is 0.644 bits per heavy atom. The minimum absolute atomic E-state index is 0. The number of benzene rings is 5. The third kappa shape index (κ3) is 7.47. The van der Waals surface area contributed by atoms with Crippen LogP contribution in [0.5, 0.6) is 5.75 Å². The molecule has 4 heterocycles. The number of hydrogen-bond donors (Lipinski definition) is 1. The maximum Gasteiger partial charge on any atom is 0.152 e. The summed E-state index contributed by atoms with van der Waals surface area (Å²) in [5.41, 5.74) is 14.4. The van der Waals surface area contributed by atoms with Crippen LogP contribution in [0.4, 0.5) is 0 Å². The number of phenols is 1. The molecule has 0 aliphatic carbocycles. The van der Waals surface area contributed by atoms with Gasteiger partial charge in [0.1, 0.15) is 22.5 Å². The monoisotopic (exact) mass is 972 g/mol. The van der Waals surface area contributed by atoms with Gasteiger partial charge < -0.3 is 18.9 Å². The molecule has 0 atom stereocenters. The van der Waals surface area contributed by atoms with E-state index in [9.17, 15) is 5.11 Å². The van der Waals surface area contributed by atoms with Crippen molar-refractivity contribution in [3.8, 4) is 50.5 Å². The van der Waals surface area contributed by atoms with E-state index in [0.717, 1.165) is 61.1 Å². The molecule has 0 amide bonds. The molecule has 0 aliphatic heterocycles. The van der Waals surface area contributed by atoms with Crippen LogP contribution in [0.3, 0.4) is 0 Å². The summed E-state index contributed by atoms with van der Waals surface area (Å²) < 4.78 is 13.1. The standard InChI is InChI=1S/C52H49N2O3Si.Pt/c1-51(2,3)35-24-31(23-34(26-35)40-27-33(21-22-53-40)39-18-14-13-17-38(39)32-15-11-10-12-16-32)25-37-28-36(52(4,5)6)29-41(54-37)46-42(55)30-44-48-47-43(56-50(46)48)19-20-45(49(47)57-44)58(7,8)9;/h10-22,24,26-30,55H,25H2,1-9H3;/q-1;. The Morgan fingerprint density at radius 3 is 1.98 bits per heavy atom. The fourth-order valence-electron chi connectivity index (χ4n) is 8.17. The summed E-state index contributed by atoms with van der Waals surface area (Å²) >= 11 is 0. The van der Waals surface area contributed by atoms with Crippen molar-refractivity contribution in [3.05, 3.63) is 144 Å². The second-order valence-electron chi connectivity index (χ2n) is 18.8. The second-order valence-corrected chi connectivity index (χ2v) is 23.8. The third-order valence-corrected chi connectivity index (χ3v) is 13.4. The molecule has 9 aromatic rings. The predicted octanol–water partition coefficient (Wildman–Crippen LogP) is 13.5. The molecule has 5 aromatic carbocycles. The maximum absolute atomic E-state index is 11.7. The van der Waals surface area contributed by atoms with E-state index in [0.29, 0.717) is 28.8 Å². The van der Waals surface area contributed by atoms with Crippen molar-refractivity contribution in [1.29, 1.82) is 0 Å². The zero-order chi connectivity index (χ0) is 40.7. The van der Waals surface area contributed by atoms with E-state index in [1.165, 1.54) is 21.9 Å². The number of hydrogen-bond acceptors (Lipinski definition) is 5. The minimum Gasteiger partial charge on any atom is -0.507 e. The molecule has 4 aromatic heterocycles. The molecule has 0 fully saturated rings.